The lowest BCUT2D eigenvalue weighted by atomic mass is 9.68. The van der Waals surface area contributed by atoms with Crippen molar-refractivity contribution in [3.8, 4) is 5.75 Å². The van der Waals surface area contributed by atoms with Gasteiger partial charge in [-0.25, -0.2) is 4.79 Å². The summed E-state index contributed by atoms with van der Waals surface area (Å²) in [5.41, 5.74) is 1.63. The number of imide groups is 2. The molecule has 2 aromatic carbocycles. The van der Waals surface area contributed by atoms with Crippen molar-refractivity contribution in [3.05, 3.63) is 48.0 Å². The Morgan fingerprint density at radius 3 is 2.54 bits per heavy atom. The summed E-state index contributed by atoms with van der Waals surface area (Å²) < 4.78 is 5.55. The number of hydrogen-bond donors (Lipinski definition) is 3. The Kier molecular flexibility index (Phi) is 5.58. The summed E-state index contributed by atoms with van der Waals surface area (Å²) in [5.74, 6) is -0.652. The number of urea groups is 1. The lowest BCUT2D eigenvalue weighted by Crippen LogP contribution is -2.74. The monoisotopic (exact) mass is 477 g/mol. The standard InChI is InChI=1S/C25H27N5O5/c1-3-21(31)26-16-8-9-17-15(12-16)13-25(22(32)27-24(34)28-23(25)33)20-14-29(10-11-30(17)20)18-6-4-5-7-19(18)35-2/h4-9,12,20H,3,10-11,13-14H2,1-2H3,(H,26,31)(H2,27,28,32,33,34)/t20-/m1/s1. The maximum absolute atomic E-state index is 13.4. The van der Waals surface area contributed by atoms with E-state index in [9.17, 15) is 19.2 Å². The Hall–Kier alpha value is -4.08. The number of methoxy groups -OCH3 is 1. The zero-order valence-corrected chi connectivity index (χ0v) is 19.6. The van der Waals surface area contributed by atoms with E-state index in [0.717, 1.165) is 16.9 Å². The average Bonchev–Trinajstić information content (AvgIpc) is 2.86. The van der Waals surface area contributed by atoms with E-state index in [4.69, 9.17) is 4.74 Å². The van der Waals surface area contributed by atoms with Crippen LogP contribution in [-0.2, 0) is 20.8 Å². The Morgan fingerprint density at radius 1 is 1.09 bits per heavy atom. The molecular weight excluding hydrogens is 450 g/mol. The summed E-state index contributed by atoms with van der Waals surface area (Å²) in [6.07, 6.45) is 0.435. The smallest absolute Gasteiger partial charge is 0.328 e. The number of carbonyl (C=O) groups excluding carboxylic acids is 4. The number of nitrogens with zero attached hydrogens (tertiary/aromatic N) is 2. The molecule has 3 aliphatic rings. The van der Waals surface area contributed by atoms with Crippen LogP contribution >= 0.6 is 0 Å². The summed E-state index contributed by atoms with van der Waals surface area (Å²) in [4.78, 5) is 54.9. The molecule has 0 bridgehead atoms. The molecule has 3 N–H and O–H groups in total. The van der Waals surface area contributed by atoms with Gasteiger partial charge in [-0.2, -0.15) is 0 Å². The van der Waals surface area contributed by atoms with Gasteiger partial charge < -0.3 is 19.9 Å². The van der Waals surface area contributed by atoms with Crippen LogP contribution in [0.15, 0.2) is 42.5 Å². The summed E-state index contributed by atoms with van der Waals surface area (Å²) in [5, 5.41) is 7.48. The topological polar surface area (TPSA) is 120 Å². The van der Waals surface area contributed by atoms with E-state index in [1.165, 1.54) is 0 Å². The van der Waals surface area contributed by atoms with E-state index in [0.29, 0.717) is 37.5 Å². The van der Waals surface area contributed by atoms with Gasteiger partial charge in [0, 0.05) is 37.4 Å². The Balaban J connectivity index is 1.58. The van der Waals surface area contributed by atoms with Crippen LogP contribution < -0.4 is 30.5 Å². The lowest BCUT2D eigenvalue weighted by Gasteiger charge is -2.54. The number of benzene rings is 2. The summed E-state index contributed by atoms with van der Waals surface area (Å²) >= 11 is 0. The second kappa shape index (κ2) is 8.61. The molecule has 5 amide bonds. The van der Waals surface area contributed by atoms with Crippen LogP contribution in [0.25, 0.3) is 0 Å². The highest BCUT2D eigenvalue weighted by atomic mass is 16.5. The number of nitrogens with one attached hydrogen (secondary N) is 3. The number of fused-ring (bicyclic) bond motifs is 4. The van der Waals surface area contributed by atoms with Crippen molar-refractivity contribution in [1.29, 1.82) is 0 Å². The molecule has 5 rings (SSSR count). The molecule has 35 heavy (non-hydrogen) atoms. The molecule has 3 aliphatic heterocycles. The van der Waals surface area contributed by atoms with E-state index in [-0.39, 0.29) is 12.3 Å². The van der Waals surface area contributed by atoms with Crippen molar-refractivity contribution < 1.29 is 23.9 Å². The van der Waals surface area contributed by atoms with E-state index in [1.807, 2.05) is 42.5 Å². The van der Waals surface area contributed by atoms with Crippen molar-refractivity contribution >= 4 is 40.8 Å². The molecule has 1 atom stereocenters. The van der Waals surface area contributed by atoms with Crippen LogP contribution in [0.3, 0.4) is 0 Å². The number of anilines is 3. The van der Waals surface area contributed by atoms with E-state index in [2.05, 4.69) is 25.8 Å². The summed E-state index contributed by atoms with van der Waals surface area (Å²) in [6, 6.07) is 11.8. The van der Waals surface area contributed by atoms with Crippen molar-refractivity contribution in [3.63, 3.8) is 0 Å². The minimum Gasteiger partial charge on any atom is -0.495 e. The number of ether oxygens (including phenoxy) is 1. The van der Waals surface area contributed by atoms with Gasteiger partial charge in [0.2, 0.25) is 17.7 Å². The Morgan fingerprint density at radius 2 is 1.83 bits per heavy atom. The number of barbiturate groups is 1. The van der Waals surface area contributed by atoms with Crippen LogP contribution in [0.1, 0.15) is 18.9 Å². The number of carbonyl (C=O) groups is 4. The molecular formula is C25H27N5O5. The molecule has 0 unspecified atom stereocenters. The molecule has 10 nitrogen and oxygen atoms in total. The van der Waals surface area contributed by atoms with Gasteiger partial charge in [0.25, 0.3) is 0 Å². The van der Waals surface area contributed by atoms with Crippen LogP contribution in [0.5, 0.6) is 5.75 Å². The minimum absolute atomic E-state index is 0.101. The number of piperazine rings is 1. The molecule has 0 aromatic heterocycles. The lowest BCUT2D eigenvalue weighted by molar-refractivity contribution is -0.146. The molecule has 0 aliphatic carbocycles. The van der Waals surface area contributed by atoms with Gasteiger partial charge in [-0.3, -0.25) is 25.0 Å². The van der Waals surface area contributed by atoms with E-state index < -0.39 is 29.3 Å². The maximum Gasteiger partial charge on any atom is 0.328 e. The van der Waals surface area contributed by atoms with Gasteiger partial charge in [0.1, 0.15) is 5.75 Å². The molecule has 3 heterocycles. The van der Waals surface area contributed by atoms with Crippen LogP contribution in [0.2, 0.25) is 0 Å². The fraction of sp³-hybridized carbons (Fsp3) is 0.360. The fourth-order valence-electron chi connectivity index (χ4n) is 5.38. The van der Waals surface area contributed by atoms with Crippen LogP contribution in [0, 0.1) is 5.41 Å². The van der Waals surface area contributed by atoms with Gasteiger partial charge in [-0.1, -0.05) is 19.1 Å². The third-order valence-corrected chi connectivity index (χ3v) is 7.10. The zero-order chi connectivity index (χ0) is 24.7. The first-order chi connectivity index (χ1) is 16.9. The second-order valence-electron chi connectivity index (χ2n) is 8.96. The summed E-state index contributed by atoms with van der Waals surface area (Å²) in [7, 11) is 1.61. The van der Waals surface area contributed by atoms with Gasteiger partial charge in [-0.15, -0.1) is 0 Å². The first-order valence-corrected chi connectivity index (χ1v) is 11.6. The van der Waals surface area contributed by atoms with Crippen molar-refractivity contribution in [2.75, 3.05) is 41.9 Å². The maximum atomic E-state index is 13.4. The molecule has 10 heteroatoms. The van der Waals surface area contributed by atoms with Crippen LogP contribution in [-0.4, -0.2) is 56.5 Å². The highest BCUT2D eigenvalue weighted by Crippen LogP contribution is 2.46. The molecule has 2 fully saturated rings. The van der Waals surface area contributed by atoms with Crippen LogP contribution in [0.4, 0.5) is 21.9 Å². The summed E-state index contributed by atoms with van der Waals surface area (Å²) in [6.45, 7) is 3.33. The molecule has 2 saturated heterocycles. The number of amides is 5. The zero-order valence-electron chi connectivity index (χ0n) is 19.6. The van der Waals surface area contributed by atoms with Crippen molar-refractivity contribution in [2.45, 2.75) is 25.8 Å². The Bertz CT molecular complexity index is 1210. The Labute approximate surface area is 202 Å². The van der Waals surface area contributed by atoms with Crippen molar-refractivity contribution in [1.82, 2.24) is 10.6 Å². The second-order valence-corrected chi connectivity index (χ2v) is 8.96. The molecule has 182 valence electrons. The van der Waals surface area contributed by atoms with Gasteiger partial charge in [0.05, 0.1) is 18.8 Å². The number of hydrogen-bond acceptors (Lipinski definition) is 7. The molecule has 1 spiro atoms. The number of para-hydroxylation sites is 2. The first kappa shape index (κ1) is 22.7. The highest BCUT2D eigenvalue weighted by molar-refractivity contribution is 6.20. The highest BCUT2D eigenvalue weighted by Gasteiger charge is 2.61. The average molecular weight is 478 g/mol. The number of rotatable bonds is 4. The largest absolute Gasteiger partial charge is 0.495 e. The van der Waals surface area contributed by atoms with Crippen molar-refractivity contribution in [2.24, 2.45) is 5.41 Å². The fourth-order valence-corrected chi connectivity index (χ4v) is 5.38. The predicted molar refractivity (Wildman–Crippen MR) is 130 cm³/mol. The third kappa shape index (κ3) is 3.65. The predicted octanol–water partition coefficient (Wildman–Crippen LogP) is 1.65. The molecule has 2 aromatic rings. The first-order valence-electron chi connectivity index (χ1n) is 11.6. The van der Waals surface area contributed by atoms with Gasteiger partial charge >= 0.3 is 6.03 Å². The molecule has 0 radical (unpaired) electrons. The van der Waals surface area contributed by atoms with Gasteiger partial charge in [-0.05, 0) is 42.3 Å². The van der Waals surface area contributed by atoms with E-state index in [1.54, 1.807) is 14.0 Å². The van der Waals surface area contributed by atoms with E-state index >= 15 is 0 Å². The quantitative estimate of drug-likeness (QED) is 0.573. The molecule has 0 saturated carbocycles. The third-order valence-electron chi connectivity index (χ3n) is 7.10. The SMILES string of the molecule is CCC(=O)Nc1ccc2c(c1)CC1(C(=O)NC(=O)NC1=O)[C@H]1CN(c3ccccc3OC)CCN21. The van der Waals surface area contributed by atoms with Gasteiger partial charge in [0.15, 0.2) is 5.41 Å². The normalized spacial score (nSPS) is 20.5. The minimum atomic E-state index is -1.52.